The van der Waals surface area contributed by atoms with Gasteiger partial charge in [-0.2, -0.15) is 5.10 Å². The molecule has 0 spiro atoms. The number of rotatable bonds is 4. The van der Waals surface area contributed by atoms with Crippen molar-refractivity contribution in [1.82, 2.24) is 25.1 Å². The Labute approximate surface area is 180 Å². The number of aromatic nitrogens is 4. The first kappa shape index (κ1) is 19.8. The van der Waals surface area contributed by atoms with Gasteiger partial charge in [0.1, 0.15) is 0 Å². The van der Waals surface area contributed by atoms with Crippen LogP contribution in [0.15, 0.2) is 36.7 Å². The van der Waals surface area contributed by atoms with Crippen LogP contribution in [-0.4, -0.2) is 58.1 Å². The third-order valence-corrected chi connectivity index (χ3v) is 5.84. The standard InChI is InChI=1S/C23H25N5O3/c1-15-20(22(29)24-12-18-14-30-9-10-31-18)13-26-28(15)23-25-11-17-7-4-6-16-5-2-3-8-19(16)21(17)27-23/h2-3,5,8,11,13,18H,4,6-7,9-10,12,14H2,1H3,(H,24,29). The van der Waals surface area contributed by atoms with Crippen LogP contribution in [-0.2, 0) is 22.3 Å². The van der Waals surface area contributed by atoms with Gasteiger partial charge in [-0.25, -0.2) is 14.6 Å². The lowest BCUT2D eigenvalue weighted by Gasteiger charge is -2.23. The number of nitrogens with zero attached hydrogens (tertiary/aromatic N) is 4. The van der Waals surface area contributed by atoms with E-state index in [2.05, 4.69) is 33.6 Å². The van der Waals surface area contributed by atoms with Crippen LogP contribution in [0, 0.1) is 6.92 Å². The third-order valence-electron chi connectivity index (χ3n) is 5.84. The fourth-order valence-electron chi connectivity index (χ4n) is 4.14. The van der Waals surface area contributed by atoms with Crippen LogP contribution >= 0.6 is 0 Å². The van der Waals surface area contributed by atoms with E-state index in [0.29, 0.717) is 43.6 Å². The average Bonchev–Trinajstić information content (AvgIpc) is 3.09. The van der Waals surface area contributed by atoms with Crippen LogP contribution in [0.2, 0.25) is 0 Å². The third kappa shape index (κ3) is 3.96. The van der Waals surface area contributed by atoms with Crippen molar-refractivity contribution in [2.24, 2.45) is 0 Å². The van der Waals surface area contributed by atoms with Crippen LogP contribution in [0.1, 0.15) is 33.6 Å². The highest BCUT2D eigenvalue weighted by Gasteiger charge is 2.21. The van der Waals surface area contributed by atoms with E-state index in [9.17, 15) is 4.79 Å². The van der Waals surface area contributed by atoms with Gasteiger partial charge in [0.15, 0.2) is 0 Å². The van der Waals surface area contributed by atoms with Gasteiger partial charge in [-0.3, -0.25) is 4.79 Å². The molecule has 0 saturated carbocycles. The number of fused-ring (bicyclic) bond motifs is 3. The van der Waals surface area contributed by atoms with Gasteiger partial charge in [0.2, 0.25) is 0 Å². The van der Waals surface area contributed by atoms with Gasteiger partial charge >= 0.3 is 0 Å². The zero-order chi connectivity index (χ0) is 21.2. The smallest absolute Gasteiger partial charge is 0.254 e. The summed E-state index contributed by atoms with van der Waals surface area (Å²) in [6, 6.07) is 8.38. The van der Waals surface area contributed by atoms with E-state index in [-0.39, 0.29) is 12.0 Å². The largest absolute Gasteiger partial charge is 0.376 e. The van der Waals surface area contributed by atoms with Crippen LogP contribution in [0.25, 0.3) is 17.2 Å². The molecule has 0 bridgehead atoms. The van der Waals surface area contributed by atoms with E-state index >= 15 is 0 Å². The summed E-state index contributed by atoms with van der Waals surface area (Å²) in [5.74, 6) is 0.272. The SMILES string of the molecule is Cc1c(C(=O)NCC2COCCO2)cnn1-c1ncc2c(n1)-c1ccccc1CCC2. The summed E-state index contributed by atoms with van der Waals surface area (Å²) in [5, 5.41) is 7.31. The second-order valence-electron chi connectivity index (χ2n) is 7.89. The Morgan fingerprint density at radius 2 is 2.06 bits per heavy atom. The van der Waals surface area contributed by atoms with Crippen LogP contribution < -0.4 is 5.32 Å². The van der Waals surface area contributed by atoms with Crippen LogP contribution in [0.5, 0.6) is 0 Å². The molecule has 2 aliphatic rings. The van der Waals surface area contributed by atoms with Gasteiger partial charge < -0.3 is 14.8 Å². The topological polar surface area (TPSA) is 91.2 Å². The summed E-state index contributed by atoms with van der Waals surface area (Å²) in [7, 11) is 0. The summed E-state index contributed by atoms with van der Waals surface area (Å²) in [5.41, 5.74) is 5.74. The maximum Gasteiger partial charge on any atom is 0.254 e. The van der Waals surface area contributed by atoms with E-state index in [4.69, 9.17) is 14.5 Å². The Hall–Kier alpha value is -3.10. The first-order valence-electron chi connectivity index (χ1n) is 10.7. The van der Waals surface area contributed by atoms with Gasteiger partial charge in [0, 0.05) is 18.3 Å². The average molecular weight is 419 g/mol. The van der Waals surface area contributed by atoms with E-state index < -0.39 is 0 Å². The molecule has 1 fully saturated rings. The Bertz CT molecular complexity index is 1100. The number of amides is 1. The number of hydrogen-bond donors (Lipinski definition) is 1. The van der Waals surface area contributed by atoms with Crippen LogP contribution in [0.4, 0.5) is 0 Å². The molecule has 160 valence electrons. The summed E-state index contributed by atoms with van der Waals surface area (Å²) >= 11 is 0. The highest BCUT2D eigenvalue weighted by molar-refractivity contribution is 5.95. The van der Waals surface area contributed by atoms with Gasteiger partial charge in [0.05, 0.1) is 49.1 Å². The summed E-state index contributed by atoms with van der Waals surface area (Å²) in [6.07, 6.45) is 6.38. The lowest BCUT2D eigenvalue weighted by atomic mass is 10.0. The van der Waals surface area contributed by atoms with E-state index in [1.807, 2.05) is 19.2 Å². The predicted molar refractivity (Wildman–Crippen MR) is 114 cm³/mol. The van der Waals surface area contributed by atoms with Crippen molar-refractivity contribution in [2.45, 2.75) is 32.3 Å². The molecular formula is C23H25N5O3. The Morgan fingerprint density at radius 1 is 1.19 bits per heavy atom. The molecule has 1 atom stereocenters. The number of carbonyl (C=O) groups excluding carboxylic acids is 1. The zero-order valence-electron chi connectivity index (χ0n) is 17.5. The molecule has 1 amide bonds. The predicted octanol–water partition coefficient (Wildman–Crippen LogP) is 2.27. The molecule has 3 aromatic rings. The van der Waals surface area contributed by atoms with Gasteiger partial charge in [-0.05, 0) is 37.3 Å². The minimum Gasteiger partial charge on any atom is -0.376 e. The number of ether oxygens (including phenoxy) is 2. The van der Waals surface area contributed by atoms with Crippen molar-refractivity contribution in [3.05, 3.63) is 59.0 Å². The first-order valence-corrected chi connectivity index (χ1v) is 10.7. The van der Waals surface area contributed by atoms with Crippen molar-refractivity contribution in [3.63, 3.8) is 0 Å². The molecule has 8 nitrogen and oxygen atoms in total. The minimum atomic E-state index is -0.196. The van der Waals surface area contributed by atoms with Crippen molar-refractivity contribution in [1.29, 1.82) is 0 Å². The lowest BCUT2D eigenvalue weighted by Crippen LogP contribution is -2.39. The second kappa shape index (κ2) is 8.56. The van der Waals surface area contributed by atoms with E-state index in [1.54, 1.807) is 10.9 Å². The minimum absolute atomic E-state index is 0.124. The lowest BCUT2D eigenvalue weighted by molar-refractivity contribution is -0.0855. The van der Waals surface area contributed by atoms with Crippen LogP contribution in [0.3, 0.4) is 0 Å². The van der Waals surface area contributed by atoms with Crippen molar-refractivity contribution < 1.29 is 14.3 Å². The van der Waals surface area contributed by atoms with Crippen molar-refractivity contribution >= 4 is 5.91 Å². The zero-order valence-corrected chi connectivity index (χ0v) is 17.5. The highest BCUT2D eigenvalue weighted by Crippen LogP contribution is 2.31. The highest BCUT2D eigenvalue weighted by atomic mass is 16.6. The molecule has 1 unspecified atom stereocenters. The van der Waals surface area contributed by atoms with E-state index in [0.717, 1.165) is 36.1 Å². The van der Waals surface area contributed by atoms with Gasteiger partial charge in [-0.1, -0.05) is 24.3 Å². The number of carbonyl (C=O) groups is 1. The monoisotopic (exact) mass is 419 g/mol. The fourth-order valence-corrected chi connectivity index (χ4v) is 4.14. The molecule has 1 saturated heterocycles. The molecule has 2 aromatic heterocycles. The number of benzene rings is 1. The first-order chi connectivity index (χ1) is 15.2. The molecule has 1 N–H and O–H groups in total. The molecule has 1 aliphatic heterocycles. The fraction of sp³-hybridized carbons (Fsp3) is 0.391. The van der Waals surface area contributed by atoms with Gasteiger partial charge in [0.25, 0.3) is 11.9 Å². The molecule has 3 heterocycles. The Balaban J connectivity index is 1.40. The summed E-state index contributed by atoms with van der Waals surface area (Å²) in [4.78, 5) is 22.1. The van der Waals surface area contributed by atoms with Crippen molar-refractivity contribution in [2.75, 3.05) is 26.4 Å². The molecular weight excluding hydrogens is 394 g/mol. The quantitative estimate of drug-likeness (QED) is 0.698. The molecule has 1 aliphatic carbocycles. The van der Waals surface area contributed by atoms with Crippen molar-refractivity contribution in [3.8, 4) is 17.2 Å². The normalized spacial score (nSPS) is 18.0. The maximum atomic E-state index is 12.7. The number of aryl methyl sites for hydroxylation is 2. The molecule has 31 heavy (non-hydrogen) atoms. The Kier molecular flexibility index (Phi) is 5.48. The summed E-state index contributed by atoms with van der Waals surface area (Å²) < 4.78 is 12.6. The maximum absolute atomic E-state index is 12.7. The second-order valence-corrected chi connectivity index (χ2v) is 7.89. The molecule has 8 heteroatoms. The van der Waals surface area contributed by atoms with Gasteiger partial charge in [-0.15, -0.1) is 0 Å². The number of nitrogens with one attached hydrogen (secondary N) is 1. The summed E-state index contributed by atoms with van der Waals surface area (Å²) in [6.45, 7) is 3.89. The Morgan fingerprint density at radius 3 is 2.94 bits per heavy atom. The molecule has 0 radical (unpaired) electrons. The molecule has 5 rings (SSSR count). The van der Waals surface area contributed by atoms with E-state index in [1.165, 1.54) is 5.56 Å². The number of hydrogen-bond acceptors (Lipinski definition) is 6. The molecule has 1 aromatic carbocycles.